The van der Waals surface area contributed by atoms with Crippen LogP contribution >= 0.6 is 0 Å². The maximum atomic E-state index is 14.5. The normalized spacial score (nSPS) is 18.0. The molecule has 9 atom stereocenters. The van der Waals surface area contributed by atoms with E-state index >= 15 is 0 Å². The van der Waals surface area contributed by atoms with Crippen LogP contribution in [0.15, 0.2) is 24.3 Å². The maximum absolute atomic E-state index is 14.5. The molecule has 2 rings (SSSR count). The molecule has 16 heteroatoms. The molecule has 0 saturated carbocycles. The van der Waals surface area contributed by atoms with Crippen LogP contribution < -0.4 is 10.6 Å². The second-order valence-corrected chi connectivity index (χ2v) is 19.7. The number of esters is 1. The second kappa shape index (κ2) is 26.8. The number of aromatic hydroxyl groups is 1. The van der Waals surface area contributed by atoms with E-state index in [0.717, 1.165) is 12.8 Å². The van der Waals surface area contributed by atoms with Gasteiger partial charge in [0.25, 0.3) is 0 Å². The number of methoxy groups -OCH3 is 2. The summed E-state index contributed by atoms with van der Waals surface area (Å²) < 4.78 is 17.7. The van der Waals surface area contributed by atoms with E-state index in [4.69, 9.17) is 19.3 Å². The van der Waals surface area contributed by atoms with E-state index in [1.807, 2.05) is 53.5 Å². The molecule has 0 aliphatic carbocycles. The minimum absolute atomic E-state index is 0.0463. The van der Waals surface area contributed by atoms with Crippen molar-refractivity contribution in [1.29, 1.82) is 0 Å². The maximum Gasteiger partial charge on any atom is 0.329 e. The first-order chi connectivity index (χ1) is 30.4. The van der Waals surface area contributed by atoms with Crippen LogP contribution in [0.5, 0.6) is 5.75 Å². The fourth-order valence-electron chi connectivity index (χ4n) is 8.98. The standard InChI is InChI=1S/C49H83N5O11/c1-15-32(6)43(53(12)47(61)41(30(2)3)51-46(60)42(31(4)5)52(11)26-18-16-17-21-40(57)58)38(63-13)29-39(56)54-27-19-20-37(54)44(64-14)33(7)45(59)50-36(48(62)65-49(8,9)10)28-34-22-24-35(55)25-23-34/h22-25,30-33,36-38,41-44,55H,15-21,26-29H2,1-14H3,(H,50,59)(H,51,60)(H,57,58)/t32?,33?,36?,37-,38?,41?,42?,43?,44?/m0/s1. The lowest BCUT2D eigenvalue weighted by atomic mass is 9.89. The number of ether oxygens (including phenoxy) is 3. The van der Waals surface area contributed by atoms with E-state index in [9.17, 15) is 33.9 Å². The van der Waals surface area contributed by atoms with Gasteiger partial charge in [-0.3, -0.25) is 28.9 Å². The molecule has 370 valence electrons. The van der Waals surface area contributed by atoms with E-state index in [0.29, 0.717) is 44.3 Å². The smallest absolute Gasteiger partial charge is 0.329 e. The van der Waals surface area contributed by atoms with Gasteiger partial charge < -0.3 is 44.9 Å². The van der Waals surface area contributed by atoms with Gasteiger partial charge in [-0.25, -0.2) is 4.79 Å². The predicted octanol–water partition coefficient (Wildman–Crippen LogP) is 5.42. The van der Waals surface area contributed by atoms with Crippen molar-refractivity contribution in [3.05, 3.63) is 29.8 Å². The lowest BCUT2D eigenvalue weighted by Gasteiger charge is -2.41. The largest absolute Gasteiger partial charge is 0.508 e. The Morgan fingerprint density at radius 3 is 2.03 bits per heavy atom. The Hall–Kier alpha value is -4.28. The number of phenolic OH excluding ortho intramolecular Hbond substituents is 1. The molecule has 4 N–H and O–H groups in total. The van der Waals surface area contributed by atoms with Gasteiger partial charge in [0.1, 0.15) is 23.4 Å². The van der Waals surface area contributed by atoms with Crippen LogP contribution in [0.25, 0.3) is 0 Å². The highest BCUT2D eigenvalue weighted by Gasteiger charge is 2.44. The molecular weight excluding hydrogens is 835 g/mol. The highest BCUT2D eigenvalue weighted by Crippen LogP contribution is 2.30. The fraction of sp³-hybridized carbons (Fsp3) is 0.755. The predicted molar refractivity (Wildman–Crippen MR) is 250 cm³/mol. The molecule has 0 spiro atoms. The van der Waals surface area contributed by atoms with Crippen molar-refractivity contribution in [3.8, 4) is 5.75 Å². The van der Waals surface area contributed by atoms with Crippen LogP contribution in [0.3, 0.4) is 0 Å². The quantitative estimate of drug-likeness (QED) is 0.0646. The van der Waals surface area contributed by atoms with E-state index < -0.39 is 71.8 Å². The zero-order chi connectivity index (χ0) is 49.3. The van der Waals surface area contributed by atoms with Crippen LogP contribution in [0.1, 0.15) is 126 Å². The van der Waals surface area contributed by atoms with Crippen molar-refractivity contribution in [3.63, 3.8) is 0 Å². The number of carbonyl (C=O) groups excluding carboxylic acids is 5. The number of carboxylic acids is 1. The number of phenols is 1. The number of aliphatic carboxylic acids is 1. The van der Waals surface area contributed by atoms with E-state index in [1.165, 1.54) is 26.4 Å². The number of rotatable bonds is 27. The Labute approximate surface area is 388 Å². The number of hydrogen-bond acceptors (Lipinski definition) is 11. The summed E-state index contributed by atoms with van der Waals surface area (Å²) in [7, 11) is 6.61. The summed E-state index contributed by atoms with van der Waals surface area (Å²) in [6.45, 7) is 19.7. The zero-order valence-electron chi connectivity index (χ0n) is 41.8. The molecule has 1 aromatic rings. The Balaban J connectivity index is 2.29. The SMILES string of the molecule is CCC(C)C(C(CC(=O)N1CCC[C@H]1C(OC)C(C)C(=O)NC(Cc1ccc(O)cc1)C(=O)OC(C)(C)C)OC)N(C)C(=O)C(NC(=O)C(C(C)C)N(C)CCCCCC(=O)O)C(C)C. The van der Waals surface area contributed by atoms with Gasteiger partial charge in [-0.1, -0.05) is 73.4 Å². The van der Waals surface area contributed by atoms with Crippen molar-refractivity contribution in [2.45, 2.75) is 175 Å². The van der Waals surface area contributed by atoms with Crippen LogP contribution in [0, 0.1) is 23.7 Å². The van der Waals surface area contributed by atoms with E-state index in [2.05, 4.69) is 10.6 Å². The van der Waals surface area contributed by atoms with Gasteiger partial charge >= 0.3 is 11.9 Å². The molecule has 65 heavy (non-hydrogen) atoms. The van der Waals surface area contributed by atoms with Gasteiger partial charge in [-0.05, 0) is 95.5 Å². The molecule has 1 aliphatic rings. The van der Waals surface area contributed by atoms with Crippen LogP contribution in [-0.2, 0) is 49.4 Å². The minimum atomic E-state index is -1.03. The molecule has 4 amide bonds. The number of hydrogen-bond donors (Lipinski definition) is 4. The number of nitrogens with one attached hydrogen (secondary N) is 2. The fourth-order valence-corrected chi connectivity index (χ4v) is 8.98. The lowest BCUT2D eigenvalue weighted by Crippen LogP contribution is -2.60. The zero-order valence-corrected chi connectivity index (χ0v) is 41.8. The molecule has 0 radical (unpaired) electrons. The molecule has 1 aliphatic heterocycles. The number of carboxylic acid groups (broad SMARTS) is 1. The highest BCUT2D eigenvalue weighted by atomic mass is 16.6. The molecule has 8 unspecified atom stereocenters. The number of carbonyl (C=O) groups is 6. The Bertz CT molecular complexity index is 1680. The van der Waals surface area contributed by atoms with E-state index in [1.54, 1.807) is 56.7 Å². The van der Waals surface area contributed by atoms with Crippen molar-refractivity contribution >= 4 is 35.6 Å². The molecule has 1 fully saturated rings. The van der Waals surface area contributed by atoms with Gasteiger partial charge in [0, 0.05) is 40.7 Å². The van der Waals surface area contributed by atoms with Crippen molar-refractivity contribution in [2.75, 3.05) is 41.4 Å². The van der Waals surface area contributed by atoms with Crippen LogP contribution in [0.2, 0.25) is 0 Å². The highest BCUT2D eigenvalue weighted by molar-refractivity contribution is 5.90. The minimum Gasteiger partial charge on any atom is -0.508 e. The molecule has 0 bridgehead atoms. The van der Waals surface area contributed by atoms with Gasteiger partial charge in [0.05, 0.1) is 42.7 Å². The van der Waals surface area contributed by atoms with Gasteiger partial charge in [0.2, 0.25) is 23.6 Å². The van der Waals surface area contributed by atoms with Gasteiger partial charge in [-0.15, -0.1) is 0 Å². The number of amides is 4. The number of likely N-dealkylation sites (N-methyl/N-ethyl adjacent to an activating group) is 2. The van der Waals surface area contributed by atoms with Crippen molar-refractivity contribution in [2.24, 2.45) is 23.7 Å². The number of benzene rings is 1. The third kappa shape index (κ3) is 17.5. The van der Waals surface area contributed by atoms with Gasteiger partial charge in [0.15, 0.2) is 0 Å². The summed E-state index contributed by atoms with van der Waals surface area (Å²) in [4.78, 5) is 86.6. The third-order valence-corrected chi connectivity index (χ3v) is 12.6. The summed E-state index contributed by atoms with van der Waals surface area (Å²) in [5.74, 6) is -3.75. The van der Waals surface area contributed by atoms with Crippen LogP contribution in [0.4, 0.5) is 0 Å². The van der Waals surface area contributed by atoms with Crippen molar-refractivity contribution in [1.82, 2.24) is 25.3 Å². The molecule has 1 heterocycles. The summed E-state index contributed by atoms with van der Waals surface area (Å²) in [6.07, 6.45) is 2.75. The summed E-state index contributed by atoms with van der Waals surface area (Å²) in [5.41, 5.74) is -0.0878. The lowest BCUT2D eigenvalue weighted by molar-refractivity contribution is -0.159. The Morgan fingerprint density at radius 1 is 0.877 bits per heavy atom. The monoisotopic (exact) mass is 918 g/mol. The average Bonchev–Trinajstić information content (AvgIpc) is 3.71. The van der Waals surface area contributed by atoms with Crippen LogP contribution in [-0.4, -0.2) is 150 Å². The average molecular weight is 918 g/mol. The van der Waals surface area contributed by atoms with Gasteiger partial charge in [-0.2, -0.15) is 0 Å². The van der Waals surface area contributed by atoms with E-state index in [-0.39, 0.29) is 60.5 Å². The number of nitrogens with zero attached hydrogens (tertiary/aromatic N) is 3. The molecule has 1 aromatic carbocycles. The third-order valence-electron chi connectivity index (χ3n) is 12.6. The Kier molecular flexibility index (Phi) is 23.4. The summed E-state index contributed by atoms with van der Waals surface area (Å²) in [6, 6.07) is 3.00. The molecule has 1 saturated heterocycles. The topological polar surface area (TPSA) is 204 Å². The summed E-state index contributed by atoms with van der Waals surface area (Å²) >= 11 is 0. The number of likely N-dealkylation sites (tertiary alicyclic amines) is 1. The molecule has 16 nitrogen and oxygen atoms in total. The molecular formula is C49H83N5O11. The molecule has 0 aromatic heterocycles. The first kappa shape index (κ1) is 56.8. The second-order valence-electron chi connectivity index (χ2n) is 19.7. The number of unbranched alkanes of at least 4 members (excludes halogenated alkanes) is 2. The summed E-state index contributed by atoms with van der Waals surface area (Å²) in [5, 5.41) is 24.7. The van der Waals surface area contributed by atoms with Crippen molar-refractivity contribution < 1.29 is 53.2 Å². The Morgan fingerprint density at radius 2 is 1.51 bits per heavy atom. The first-order valence-corrected chi connectivity index (χ1v) is 23.5. The first-order valence-electron chi connectivity index (χ1n) is 23.5.